The quantitative estimate of drug-likeness (QED) is 0.744. The monoisotopic (exact) mass is 237 g/mol. The SMILES string of the molecule is CC1CC(NC(=O)C2CCNC2)CN1C1CC1. The van der Waals surface area contributed by atoms with Crippen LogP contribution < -0.4 is 10.6 Å². The third-order valence-electron chi connectivity index (χ3n) is 4.42. The molecule has 3 unspecified atom stereocenters. The summed E-state index contributed by atoms with van der Waals surface area (Å²) in [5.74, 6) is 0.477. The van der Waals surface area contributed by atoms with Crippen LogP contribution in [0.5, 0.6) is 0 Å². The van der Waals surface area contributed by atoms with Gasteiger partial charge >= 0.3 is 0 Å². The molecule has 1 aliphatic carbocycles. The molecule has 2 N–H and O–H groups in total. The predicted molar refractivity (Wildman–Crippen MR) is 66.7 cm³/mol. The largest absolute Gasteiger partial charge is 0.352 e. The fraction of sp³-hybridized carbons (Fsp3) is 0.923. The minimum Gasteiger partial charge on any atom is -0.352 e. The summed E-state index contributed by atoms with van der Waals surface area (Å²) in [6.07, 6.45) is 4.85. The number of hydrogen-bond donors (Lipinski definition) is 2. The van der Waals surface area contributed by atoms with Crippen molar-refractivity contribution in [3.05, 3.63) is 0 Å². The first-order valence-corrected chi connectivity index (χ1v) is 7.01. The molecule has 1 amide bonds. The maximum atomic E-state index is 12.0. The number of nitrogens with one attached hydrogen (secondary N) is 2. The summed E-state index contributed by atoms with van der Waals surface area (Å²) in [6.45, 7) is 5.22. The Labute approximate surface area is 103 Å². The number of carbonyl (C=O) groups is 1. The first-order valence-electron chi connectivity index (χ1n) is 7.01. The van der Waals surface area contributed by atoms with Crippen LogP contribution >= 0.6 is 0 Å². The third-order valence-corrected chi connectivity index (χ3v) is 4.42. The van der Waals surface area contributed by atoms with E-state index in [1.165, 1.54) is 12.8 Å². The second-order valence-electron chi connectivity index (χ2n) is 5.91. The van der Waals surface area contributed by atoms with Crippen molar-refractivity contribution in [2.75, 3.05) is 19.6 Å². The standard InChI is InChI=1S/C13H23N3O/c1-9-6-11(8-16(9)12-2-3-12)15-13(17)10-4-5-14-7-10/h9-12,14H,2-8H2,1H3,(H,15,17). The molecule has 3 atom stereocenters. The smallest absolute Gasteiger partial charge is 0.224 e. The molecule has 96 valence electrons. The van der Waals surface area contributed by atoms with E-state index in [1.807, 2.05) is 0 Å². The van der Waals surface area contributed by atoms with Gasteiger partial charge in [0.1, 0.15) is 0 Å². The van der Waals surface area contributed by atoms with Crippen LogP contribution in [0.4, 0.5) is 0 Å². The zero-order valence-electron chi connectivity index (χ0n) is 10.6. The lowest BCUT2D eigenvalue weighted by molar-refractivity contribution is -0.125. The molecular weight excluding hydrogens is 214 g/mol. The number of rotatable bonds is 3. The van der Waals surface area contributed by atoms with Crippen molar-refractivity contribution in [1.29, 1.82) is 0 Å². The number of hydrogen-bond acceptors (Lipinski definition) is 3. The molecule has 0 aromatic carbocycles. The van der Waals surface area contributed by atoms with Gasteiger partial charge in [-0.25, -0.2) is 0 Å². The topological polar surface area (TPSA) is 44.4 Å². The minimum absolute atomic E-state index is 0.209. The lowest BCUT2D eigenvalue weighted by Gasteiger charge is -2.20. The van der Waals surface area contributed by atoms with Crippen LogP contribution in [-0.4, -0.2) is 48.6 Å². The summed E-state index contributed by atoms with van der Waals surface area (Å²) in [5.41, 5.74) is 0. The van der Waals surface area contributed by atoms with Crippen LogP contribution in [0, 0.1) is 5.92 Å². The van der Waals surface area contributed by atoms with Gasteiger partial charge in [0.25, 0.3) is 0 Å². The van der Waals surface area contributed by atoms with Gasteiger partial charge in [-0.15, -0.1) is 0 Å². The fourth-order valence-corrected chi connectivity index (χ4v) is 3.27. The van der Waals surface area contributed by atoms with Crippen LogP contribution in [0.1, 0.15) is 32.6 Å². The first-order chi connectivity index (χ1) is 8.24. The minimum atomic E-state index is 0.209. The highest BCUT2D eigenvalue weighted by atomic mass is 16.2. The molecule has 2 heterocycles. The zero-order valence-corrected chi connectivity index (χ0v) is 10.6. The van der Waals surface area contributed by atoms with Crippen molar-refractivity contribution in [2.45, 2.75) is 50.7 Å². The molecule has 1 saturated carbocycles. The molecule has 4 nitrogen and oxygen atoms in total. The molecule has 2 saturated heterocycles. The maximum absolute atomic E-state index is 12.0. The van der Waals surface area contributed by atoms with Crippen LogP contribution in [0.3, 0.4) is 0 Å². The zero-order chi connectivity index (χ0) is 11.8. The number of amides is 1. The average molecular weight is 237 g/mol. The summed E-state index contributed by atoms with van der Waals surface area (Å²) < 4.78 is 0. The van der Waals surface area contributed by atoms with E-state index in [0.29, 0.717) is 12.1 Å². The Morgan fingerprint density at radius 3 is 2.82 bits per heavy atom. The van der Waals surface area contributed by atoms with E-state index < -0.39 is 0 Å². The molecule has 3 aliphatic rings. The molecule has 17 heavy (non-hydrogen) atoms. The number of carbonyl (C=O) groups excluding carboxylic acids is 1. The predicted octanol–water partition coefficient (Wildman–Crippen LogP) is 0.337. The number of nitrogens with zero attached hydrogens (tertiary/aromatic N) is 1. The Morgan fingerprint density at radius 2 is 2.18 bits per heavy atom. The summed E-state index contributed by atoms with van der Waals surface area (Å²) in [7, 11) is 0. The van der Waals surface area contributed by atoms with Crippen LogP contribution in [0.2, 0.25) is 0 Å². The van der Waals surface area contributed by atoms with Crippen LogP contribution in [-0.2, 0) is 4.79 Å². The molecule has 0 aromatic heterocycles. The molecule has 4 heteroatoms. The Morgan fingerprint density at radius 1 is 1.35 bits per heavy atom. The number of likely N-dealkylation sites (tertiary alicyclic amines) is 1. The van der Waals surface area contributed by atoms with Crippen molar-refractivity contribution in [1.82, 2.24) is 15.5 Å². The van der Waals surface area contributed by atoms with Crippen molar-refractivity contribution in [3.8, 4) is 0 Å². The van der Waals surface area contributed by atoms with Gasteiger partial charge in [0.15, 0.2) is 0 Å². The Balaban J connectivity index is 1.50. The van der Waals surface area contributed by atoms with E-state index >= 15 is 0 Å². The second kappa shape index (κ2) is 4.58. The fourth-order valence-electron chi connectivity index (χ4n) is 3.27. The normalized spacial score (nSPS) is 38.5. The maximum Gasteiger partial charge on any atom is 0.224 e. The molecule has 3 rings (SSSR count). The van der Waals surface area contributed by atoms with E-state index in [2.05, 4.69) is 22.5 Å². The van der Waals surface area contributed by atoms with Gasteiger partial charge in [-0.1, -0.05) is 0 Å². The summed E-state index contributed by atoms with van der Waals surface area (Å²) in [6, 6.07) is 1.85. The van der Waals surface area contributed by atoms with E-state index in [-0.39, 0.29) is 11.8 Å². The van der Waals surface area contributed by atoms with E-state index in [9.17, 15) is 4.79 Å². The Bertz CT molecular complexity index is 297. The summed E-state index contributed by atoms with van der Waals surface area (Å²) >= 11 is 0. The molecule has 0 radical (unpaired) electrons. The van der Waals surface area contributed by atoms with Gasteiger partial charge in [-0.3, -0.25) is 9.69 Å². The van der Waals surface area contributed by atoms with Crippen LogP contribution in [0.25, 0.3) is 0 Å². The van der Waals surface area contributed by atoms with E-state index in [0.717, 1.165) is 38.5 Å². The van der Waals surface area contributed by atoms with Gasteiger partial charge in [0.05, 0.1) is 5.92 Å². The van der Waals surface area contributed by atoms with Crippen molar-refractivity contribution in [2.24, 2.45) is 5.92 Å². The second-order valence-corrected chi connectivity index (χ2v) is 5.91. The van der Waals surface area contributed by atoms with Gasteiger partial charge in [0.2, 0.25) is 5.91 Å². The highest BCUT2D eigenvalue weighted by molar-refractivity contribution is 5.79. The molecular formula is C13H23N3O. The van der Waals surface area contributed by atoms with Gasteiger partial charge in [-0.2, -0.15) is 0 Å². The summed E-state index contributed by atoms with van der Waals surface area (Å²) in [5, 5.41) is 6.50. The van der Waals surface area contributed by atoms with Crippen molar-refractivity contribution >= 4 is 5.91 Å². The molecule has 0 aromatic rings. The lowest BCUT2D eigenvalue weighted by Crippen LogP contribution is -2.41. The van der Waals surface area contributed by atoms with Crippen molar-refractivity contribution in [3.63, 3.8) is 0 Å². The van der Waals surface area contributed by atoms with E-state index in [1.54, 1.807) is 0 Å². The van der Waals surface area contributed by atoms with Gasteiger partial charge in [0, 0.05) is 31.2 Å². The van der Waals surface area contributed by atoms with Crippen molar-refractivity contribution < 1.29 is 4.79 Å². The molecule has 0 bridgehead atoms. The highest BCUT2D eigenvalue weighted by Crippen LogP contribution is 2.33. The first kappa shape index (κ1) is 11.5. The molecule has 2 aliphatic heterocycles. The molecule has 0 spiro atoms. The Kier molecular flexibility index (Phi) is 3.09. The highest BCUT2D eigenvalue weighted by Gasteiger charge is 2.39. The molecule has 3 fully saturated rings. The Hall–Kier alpha value is -0.610. The average Bonchev–Trinajstić information content (AvgIpc) is 2.86. The van der Waals surface area contributed by atoms with Crippen LogP contribution in [0.15, 0.2) is 0 Å². The van der Waals surface area contributed by atoms with E-state index in [4.69, 9.17) is 0 Å². The summed E-state index contributed by atoms with van der Waals surface area (Å²) in [4.78, 5) is 14.6. The lowest BCUT2D eigenvalue weighted by atomic mass is 10.1. The third kappa shape index (κ3) is 2.47. The van der Waals surface area contributed by atoms with Gasteiger partial charge in [-0.05, 0) is 39.2 Å². The van der Waals surface area contributed by atoms with Gasteiger partial charge < -0.3 is 10.6 Å².